The highest BCUT2D eigenvalue weighted by atomic mass is 19.1. The van der Waals surface area contributed by atoms with Crippen LogP contribution in [0.5, 0.6) is 0 Å². The molecule has 0 aromatic heterocycles. The average molecular weight is 461 g/mol. The van der Waals surface area contributed by atoms with Crippen molar-refractivity contribution < 1.29 is 19.0 Å². The van der Waals surface area contributed by atoms with Gasteiger partial charge in [-0.2, -0.15) is 0 Å². The summed E-state index contributed by atoms with van der Waals surface area (Å²) < 4.78 is 19.8. The standard InChI is InChI=1S/C30H33FO3/c1-19-16-25-26(30(4,5)15-14-29(25,2)3)17-24(19)27(21-8-10-22(11-9-21)28(32)33)34-18-20-6-12-23(31)13-7-20/h6-13,16-17,27H,14-15,18H2,1-5H3,(H,32,33). The van der Waals surface area contributed by atoms with E-state index >= 15 is 0 Å². The van der Waals surface area contributed by atoms with E-state index in [1.165, 1.54) is 23.3 Å². The number of aryl methyl sites for hydroxylation is 1. The molecule has 34 heavy (non-hydrogen) atoms. The summed E-state index contributed by atoms with van der Waals surface area (Å²) in [7, 11) is 0. The van der Waals surface area contributed by atoms with E-state index in [2.05, 4.69) is 46.8 Å². The van der Waals surface area contributed by atoms with Crippen molar-refractivity contribution in [3.63, 3.8) is 0 Å². The number of aromatic carboxylic acids is 1. The van der Waals surface area contributed by atoms with E-state index < -0.39 is 5.97 Å². The lowest BCUT2D eigenvalue weighted by atomic mass is 9.62. The number of benzene rings is 3. The number of hydrogen-bond acceptors (Lipinski definition) is 2. The average Bonchev–Trinajstić information content (AvgIpc) is 2.79. The maximum atomic E-state index is 13.4. The Bertz CT molecular complexity index is 1190. The summed E-state index contributed by atoms with van der Waals surface area (Å²) >= 11 is 0. The van der Waals surface area contributed by atoms with Crippen LogP contribution in [0.1, 0.15) is 90.4 Å². The van der Waals surface area contributed by atoms with Crippen molar-refractivity contribution in [1.82, 2.24) is 0 Å². The Morgan fingerprint density at radius 3 is 2.06 bits per heavy atom. The summed E-state index contributed by atoms with van der Waals surface area (Å²) in [4.78, 5) is 11.4. The molecule has 0 spiro atoms. The zero-order valence-electron chi connectivity index (χ0n) is 20.6. The second-order valence-corrected chi connectivity index (χ2v) is 10.8. The molecule has 1 unspecified atom stereocenters. The Balaban J connectivity index is 1.79. The molecular formula is C30H33FO3. The molecule has 3 nitrogen and oxygen atoms in total. The Kier molecular flexibility index (Phi) is 6.39. The van der Waals surface area contributed by atoms with Gasteiger partial charge in [0.25, 0.3) is 0 Å². The molecule has 1 aliphatic carbocycles. The third kappa shape index (κ3) is 4.78. The van der Waals surface area contributed by atoms with Crippen molar-refractivity contribution in [2.24, 2.45) is 0 Å². The number of ether oxygens (including phenoxy) is 1. The molecule has 3 aromatic rings. The largest absolute Gasteiger partial charge is 0.478 e. The number of carbonyl (C=O) groups is 1. The summed E-state index contributed by atoms with van der Waals surface area (Å²) in [6, 6.07) is 17.8. The Hall–Kier alpha value is -2.98. The molecule has 0 amide bonds. The normalized spacial score (nSPS) is 17.1. The van der Waals surface area contributed by atoms with Gasteiger partial charge in [0.15, 0.2) is 0 Å². The molecule has 0 saturated heterocycles. The highest BCUT2D eigenvalue weighted by molar-refractivity contribution is 5.87. The van der Waals surface area contributed by atoms with Gasteiger partial charge in [-0.3, -0.25) is 0 Å². The number of rotatable bonds is 6. The van der Waals surface area contributed by atoms with E-state index in [1.807, 2.05) is 12.1 Å². The Morgan fingerprint density at radius 2 is 1.50 bits per heavy atom. The second-order valence-electron chi connectivity index (χ2n) is 10.8. The SMILES string of the molecule is Cc1cc2c(cc1C(OCc1ccc(F)cc1)c1ccc(C(=O)O)cc1)C(C)(C)CCC2(C)C. The van der Waals surface area contributed by atoms with Gasteiger partial charge in [-0.25, -0.2) is 9.18 Å². The summed E-state index contributed by atoms with van der Waals surface area (Å²) in [6.45, 7) is 11.7. The maximum Gasteiger partial charge on any atom is 0.335 e. The number of carboxylic acids is 1. The fourth-order valence-electron chi connectivity index (χ4n) is 4.95. The van der Waals surface area contributed by atoms with Crippen molar-refractivity contribution in [2.45, 2.75) is 71.0 Å². The number of carboxylic acid groups (broad SMARTS) is 1. The molecule has 0 saturated carbocycles. The van der Waals surface area contributed by atoms with Gasteiger partial charge in [0.05, 0.1) is 12.2 Å². The number of hydrogen-bond donors (Lipinski definition) is 1. The molecule has 4 heteroatoms. The molecule has 4 rings (SSSR count). The zero-order valence-corrected chi connectivity index (χ0v) is 20.6. The van der Waals surface area contributed by atoms with E-state index in [4.69, 9.17) is 4.74 Å². The van der Waals surface area contributed by atoms with Crippen molar-refractivity contribution in [2.75, 3.05) is 0 Å². The smallest absolute Gasteiger partial charge is 0.335 e. The fourth-order valence-corrected chi connectivity index (χ4v) is 4.95. The lowest BCUT2D eigenvalue weighted by molar-refractivity contribution is 0.0657. The molecule has 3 aromatic carbocycles. The first-order valence-electron chi connectivity index (χ1n) is 11.8. The highest BCUT2D eigenvalue weighted by Crippen LogP contribution is 2.47. The maximum absolute atomic E-state index is 13.4. The van der Waals surface area contributed by atoms with Crippen LogP contribution in [0.3, 0.4) is 0 Å². The molecule has 0 fully saturated rings. The van der Waals surface area contributed by atoms with Gasteiger partial charge in [0.1, 0.15) is 11.9 Å². The van der Waals surface area contributed by atoms with E-state index in [9.17, 15) is 14.3 Å². The van der Waals surface area contributed by atoms with Gasteiger partial charge >= 0.3 is 5.97 Å². The topological polar surface area (TPSA) is 46.5 Å². The third-order valence-electron chi connectivity index (χ3n) is 7.31. The van der Waals surface area contributed by atoms with Crippen molar-refractivity contribution >= 4 is 5.97 Å². The van der Waals surface area contributed by atoms with Gasteiger partial charge in [-0.1, -0.05) is 64.1 Å². The van der Waals surface area contributed by atoms with Gasteiger partial charge in [0, 0.05) is 0 Å². The summed E-state index contributed by atoms with van der Waals surface area (Å²) in [5, 5.41) is 9.33. The molecule has 1 atom stereocenters. The number of halogens is 1. The van der Waals surface area contributed by atoms with Crippen LogP contribution in [0.15, 0.2) is 60.7 Å². The van der Waals surface area contributed by atoms with Gasteiger partial charge < -0.3 is 9.84 Å². The van der Waals surface area contributed by atoms with Gasteiger partial charge in [-0.05, 0) is 88.2 Å². The lowest BCUT2D eigenvalue weighted by Crippen LogP contribution is -2.34. The summed E-state index contributed by atoms with van der Waals surface area (Å²) in [5.41, 5.74) is 7.15. The first kappa shape index (κ1) is 24.2. The minimum atomic E-state index is -0.954. The summed E-state index contributed by atoms with van der Waals surface area (Å²) in [6.07, 6.45) is 1.88. The minimum absolute atomic E-state index is 0.0575. The molecule has 1 N–H and O–H groups in total. The van der Waals surface area contributed by atoms with Gasteiger partial charge in [-0.15, -0.1) is 0 Å². The molecule has 1 aliphatic rings. The van der Waals surface area contributed by atoms with Crippen molar-refractivity contribution in [3.8, 4) is 0 Å². The molecule has 178 valence electrons. The minimum Gasteiger partial charge on any atom is -0.478 e. The van der Waals surface area contributed by atoms with Crippen LogP contribution >= 0.6 is 0 Å². The van der Waals surface area contributed by atoms with Crippen LogP contribution in [0.4, 0.5) is 4.39 Å². The van der Waals surface area contributed by atoms with Crippen LogP contribution in [0.2, 0.25) is 0 Å². The molecule has 0 aliphatic heterocycles. The monoisotopic (exact) mass is 460 g/mol. The Labute approximate surface area is 201 Å². The van der Waals surface area contributed by atoms with Crippen molar-refractivity contribution in [3.05, 3.63) is 105 Å². The fraction of sp³-hybridized carbons (Fsp3) is 0.367. The highest BCUT2D eigenvalue weighted by Gasteiger charge is 2.38. The van der Waals surface area contributed by atoms with E-state index in [-0.39, 0.29) is 28.3 Å². The quantitative estimate of drug-likeness (QED) is 0.415. The van der Waals surface area contributed by atoms with E-state index in [0.717, 1.165) is 35.1 Å². The van der Waals surface area contributed by atoms with E-state index in [0.29, 0.717) is 6.61 Å². The summed E-state index contributed by atoms with van der Waals surface area (Å²) in [5.74, 6) is -1.23. The van der Waals surface area contributed by atoms with Crippen LogP contribution < -0.4 is 0 Å². The third-order valence-corrected chi connectivity index (χ3v) is 7.31. The molecule has 0 radical (unpaired) electrons. The van der Waals surface area contributed by atoms with Crippen LogP contribution in [-0.4, -0.2) is 11.1 Å². The lowest BCUT2D eigenvalue weighted by Gasteiger charge is -2.42. The van der Waals surface area contributed by atoms with Crippen molar-refractivity contribution in [1.29, 1.82) is 0 Å². The molecule has 0 heterocycles. The molecule has 0 bridgehead atoms. The number of fused-ring (bicyclic) bond motifs is 1. The predicted molar refractivity (Wildman–Crippen MR) is 133 cm³/mol. The molecular weight excluding hydrogens is 427 g/mol. The first-order valence-corrected chi connectivity index (χ1v) is 11.8. The zero-order chi connectivity index (χ0) is 24.7. The first-order chi connectivity index (χ1) is 16.0. The van der Waals surface area contributed by atoms with Crippen LogP contribution in [0.25, 0.3) is 0 Å². The van der Waals surface area contributed by atoms with Gasteiger partial charge in [0.2, 0.25) is 0 Å². The van der Waals surface area contributed by atoms with Crippen LogP contribution in [0, 0.1) is 12.7 Å². The second kappa shape index (κ2) is 8.99. The predicted octanol–water partition coefficient (Wildman–Crippen LogP) is 7.49. The van der Waals surface area contributed by atoms with Crippen LogP contribution in [-0.2, 0) is 22.2 Å². The Morgan fingerprint density at radius 1 is 0.941 bits per heavy atom. The van der Waals surface area contributed by atoms with E-state index in [1.54, 1.807) is 24.3 Å².